The molecule has 0 amide bonds. The lowest BCUT2D eigenvalue weighted by atomic mass is 10.1. The van der Waals surface area contributed by atoms with E-state index >= 15 is 0 Å². The summed E-state index contributed by atoms with van der Waals surface area (Å²) in [6.45, 7) is 3.46. The minimum Gasteiger partial charge on any atom is -0.314 e. The van der Waals surface area contributed by atoms with Crippen molar-refractivity contribution in [2.24, 2.45) is 0 Å². The maximum Gasteiger partial charge on any atom is 0.00887 e. The first-order valence-corrected chi connectivity index (χ1v) is 6.62. The molecule has 1 nitrogen and oxygen atoms in total. The molecule has 86 valence electrons. The van der Waals surface area contributed by atoms with Crippen molar-refractivity contribution >= 4 is 0 Å². The molecule has 1 fully saturated rings. The molecule has 15 heavy (non-hydrogen) atoms. The van der Waals surface area contributed by atoms with E-state index in [9.17, 15) is 0 Å². The largest absolute Gasteiger partial charge is 0.314 e. The topological polar surface area (TPSA) is 12.0 Å². The molecule has 1 aliphatic heterocycles. The van der Waals surface area contributed by atoms with Crippen molar-refractivity contribution in [3.63, 3.8) is 0 Å². The minimum atomic E-state index is 0.818. The number of unbranched alkanes of at least 4 members (excludes halogenated alkanes) is 4. The highest BCUT2D eigenvalue weighted by Gasteiger charge is 2.12. The highest BCUT2D eigenvalue weighted by Crippen LogP contribution is 2.12. The molecule has 0 radical (unpaired) electrons. The summed E-state index contributed by atoms with van der Waals surface area (Å²) >= 11 is 0. The van der Waals surface area contributed by atoms with Crippen LogP contribution >= 0.6 is 0 Å². The Morgan fingerprint density at radius 1 is 1.13 bits per heavy atom. The van der Waals surface area contributed by atoms with E-state index < -0.39 is 0 Å². The van der Waals surface area contributed by atoms with Gasteiger partial charge in [-0.1, -0.05) is 19.8 Å². The molecule has 1 atom stereocenters. The fourth-order valence-corrected chi connectivity index (χ4v) is 2.05. The molecule has 0 bridgehead atoms. The van der Waals surface area contributed by atoms with Gasteiger partial charge >= 0.3 is 0 Å². The summed E-state index contributed by atoms with van der Waals surface area (Å²) in [6.07, 6.45) is 11.5. The van der Waals surface area contributed by atoms with Crippen LogP contribution in [-0.4, -0.2) is 12.6 Å². The highest BCUT2D eigenvalue weighted by molar-refractivity contribution is 4.98. The van der Waals surface area contributed by atoms with Gasteiger partial charge < -0.3 is 5.32 Å². The van der Waals surface area contributed by atoms with Crippen LogP contribution in [0.25, 0.3) is 0 Å². The van der Waals surface area contributed by atoms with Gasteiger partial charge in [0.05, 0.1) is 0 Å². The molecule has 0 aromatic rings. The lowest BCUT2D eigenvalue weighted by Crippen LogP contribution is -2.20. The van der Waals surface area contributed by atoms with Crippen molar-refractivity contribution in [2.45, 2.75) is 70.8 Å². The third kappa shape index (κ3) is 6.57. The van der Waals surface area contributed by atoms with Crippen LogP contribution in [0.5, 0.6) is 0 Å². The van der Waals surface area contributed by atoms with Crippen molar-refractivity contribution < 1.29 is 0 Å². The normalized spacial score (nSPS) is 19.9. The molecule has 1 heterocycles. The second kappa shape index (κ2) is 8.80. The molecule has 0 unspecified atom stereocenters. The van der Waals surface area contributed by atoms with E-state index in [1.807, 2.05) is 0 Å². The number of hydrogen-bond donors (Lipinski definition) is 1. The average Bonchev–Trinajstić information content (AvgIpc) is 2.75. The van der Waals surface area contributed by atoms with Gasteiger partial charge in [-0.25, -0.2) is 0 Å². The molecule has 1 saturated heterocycles. The second-order valence-electron chi connectivity index (χ2n) is 4.50. The predicted molar refractivity (Wildman–Crippen MR) is 66.8 cm³/mol. The molecular formula is C14H25N. The number of nitrogens with one attached hydrogen (secondary N) is 1. The summed E-state index contributed by atoms with van der Waals surface area (Å²) in [4.78, 5) is 0. The molecule has 0 aliphatic carbocycles. The van der Waals surface area contributed by atoms with Gasteiger partial charge in [0.1, 0.15) is 0 Å². The van der Waals surface area contributed by atoms with E-state index in [-0.39, 0.29) is 0 Å². The zero-order chi connectivity index (χ0) is 10.8. The van der Waals surface area contributed by atoms with E-state index in [0.717, 1.165) is 18.9 Å². The first-order chi connectivity index (χ1) is 7.43. The fourth-order valence-electron chi connectivity index (χ4n) is 2.05. The molecule has 1 aliphatic rings. The quantitative estimate of drug-likeness (QED) is 0.519. The second-order valence-corrected chi connectivity index (χ2v) is 4.50. The van der Waals surface area contributed by atoms with Gasteiger partial charge in [-0.2, -0.15) is 0 Å². The monoisotopic (exact) mass is 207 g/mol. The van der Waals surface area contributed by atoms with E-state index in [0.29, 0.717) is 0 Å². The molecular weight excluding hydrogens is 182 g/mol. The van der Waals surface area contributed by atoms with Gasteiger partial charge in [-0.15, -0.1) is 11.8 Å². The Morgan fingerprint density at radius 3 is 2.60 bits per heavy atom. The summed E-state index contributed by atoms with van der Waals surface area (Å²) < 4.78 is 0. The zero-order valence-corrected chi connectivity index (χ0v) is 10.1. The standard InChI is InChI=1S/C14H25N/c1-2-3-4-5-6-7-8-9-11-14-12-10-13-15-14/h14-15H,2-4,7-13H2,1H3/t14-/m1/s1. The Balaban J connectivity index is 1.85. The Labute approximate surface area is 95.0 Å². The molecule has 0 aromatic carbocycles. The van der Waals surface area contributed by atoms with Crippen LogP contribution < -0.4 is 5.32 Å². The first-order valence-electron chi connectivity index (χ1n) is 6.62. The fraction of sp³-hybridized carbons (Fsp3) is 0.857. The smallest absolute Gasteiger partial charge is 0.00887 e. The van der Waals surface area contributed by atoms with Crippen molar-refractivity contribution in [1.29, 1.82) is 0 Å². The van der Waals surface area contributed by atoms with Gasteiger partial charge in [0.2, 0.25) is 0 Å². The number of hydrogen-bond acceptors (Lipinski definition) is 1. The van der Waals surface area contributed by atoms with E-state index in [4.69, 9.17) is 0 Å². The van der Waals surface area contributed by atoms with Crippen molar-refractivity contribution in [2.75, 3.05) is 6.54 Å². The average molecular weight is 207 g/mol. The van der Waals surface area contributed by atoms with Crippen molar-refractivity contribution in [3.05, 3.63) is 0 Å². The van der Waals surface area contributed by atoms with Crippen LogP contribution in [0.4, 0.5) is 0 Å². The lowest BCUT2D eigenvalue weighted by Gasteiger charge is -2.07. The van der Waals surface area contributed by atoms with E-state index in [2.05, 4.69) is 24.1 Å². The van der Waals surface area contributed by atoms with Crippen LogP contribution in [0.1, 0.15) is 64.7 Å². The summed E-state index contributed by atoms with van der Waals surface area (Å²) in [5.74, 6) is 6.52. The third-order valence-electron chi connectivity index (χ3n) is 3.05. The van der Waals surface area contributed by atoms with E-state index in [1.54, 1.807) is 0 Å². The zero-order valence-electron chi connectivity index (χ0n) is 10.1. The van der Waals surface area contributed by atoms with Crippen LogP contribution in [-0.2, 0) is 0 Å². The van der Waals surface area contributed by atoms with Crippen LogP contribution in [0.2, 0.25) is 0 Å². The SMILES string of the molecule is CCCCC#CCCCC[C@@H]1CCCN1. The Bertz CT molecular complexity index is 193. The highest BCUT2D eigenvalue weighted by atomic mass is 14.9. The summed E-state index contributed by atoms with van der Waals surface area (Å²) in [7, 11) is 0. The third-order valence-corrected chi connectivity index (χ3v) is 3.05. The molecule has 0 saturated carbocycles. The maximum atomic E-state index is 3.54. The van der Waals surface area contributed by atoms with Crippen LogP contribution in [0.3, 0.4) is 0 Å². The van der Waals surface area contributed by atoms with Gasteiger partial charge in [0.25, 0.3) is 0 Å². The lowest BCUT2D eigenvalue weighted by molar-refractivity contribution is 0.526. The summed E-state index contributed by atoms with van der Waals surface area (Å²) in [5.41, 5.74) is 0. The molecule has 0 spiro atoms. The van der Waals surface area contributed by atoms with Crippen molar-refractivity contribution in [3.8, 4) is 11.8 Å². The molecule has 1 heteroatoms. The van der Waals surface area contributed by atoms with Gasteiger partial charge in [0.15, 0.2) is 0 Å². The summed E-state index contributed by atoms with van der Waals surface area (Å²) in [5, 5.41) is 3.54. The van der Waals surface area contributed by atoms with Gasteiger partial charge in [-0.3, -0.25) is 0 Å². The first kappa shape index (κ1) is 12.6. The Morgan fingerprint density at radius 2 is 1.93 bits per heavy atom. The predicted octanol–water partition coefficient (Wildman–Crippen LogP) is 3.49. The Hall–Kier alpha value is -0.480. The van der Waals surface area contributed by atoms with Gasteiger partial charge in [-0.05, 0) is 38.6 Å². The summed E-state index contributed by atoms with van der Waals surface area (Å²) in [6, 6.07) is 0.818. The molecule has 1 N–H and O–H groups in total. The van der Waals surface area contributed by atoms with Crippen LogP contribution in [0.15, 0.2) is 0 Å². The minimum absolute atomic E-state index is 0.818. The number of rotatable bonds is 6. The Kier molecular flexibility index (Phi) is 7.38. The van der Waals surface area contributed by atoms with E-state index in [1.165, 1.54) is 51.5 Å². The van der Waals surface area contributed by atoms with Crippen molar-refractivity contribution in [1.82, 2.24) is 5.32 Å². The molecule has 1 rings (SSSR count). The maximum absolute atomic E-state index is 3.54. The van der Waals surface area contributed by atoms with Crippen LogP contribution in [0, 0.1) is 11.8 Å². The van der Waals surface area contributed by atoms with Gasteiger partial charge in [0, 0.05) is 18.9 Å². The molecule has 0 aromatic heterocycles.